The third-order valence-electron chi connectivity index (χ3n) is 1.78. The minimum absolute atomic E-state index is 0.0465. The maximum Gasteiger partial charge on any atom is 0.320 e. The van der Waals surface area contributed by atoms with Gasteiger partial charge in [0, 0.05) is 0 Å². The van der Waals surface area contributed by atoms with Crippen molar-refractivity contribution in [2.75, 3.05) is 0 Å². The Hall–Kier alpha value is -1.75. The number of carboxylic acid groups (broad SMARTS) is 1. The summed E-state index contributed by atoms with van der Waals surface area (Å²) < 4.78 is 0. The number of ketones is 2. The average Bonchev–Trinajstić information content (AvgIpc) is 2.11. The number of aliphatic carboxylic acids is 1. The number of nitrogens with two attached hydrogens (primary N) is 1. The molecule has 0 heterocycles. The van der Waals surface area contributed by atoms with Gasteiger partial charge < -0.3 is 10.8 Å². The fourth-order valence-electron chi connectivity index (χ4n) is 1.02. The first-order valence-corrected chi connectivity index (χ1v) is 3.96. The van der Waals surface area contributed by atoms with Crippen molar-refractivity contribution in [2.45, 2.75) is 12.5 Å². The number of carbonyl (C=O) groups excluding carboxylic acids is 2. The van der Waals surface area contributed by atoms with Crippen molar-refractivity contribution in [1.82, 2.24) is 0 Å². The highest BCUT2D eigenvalue weighted by Crippen LogP contribution is 2.10. The topological polar surface area (TPSA) is 97.5 Å². The Kier molecular flexibility index (Phi) is 2.93. The first kappa shape index (κ1) is 10.3. The van der Waals surface area contributed by atoms with E-state index < -0.39 is 23.6 Å². The molecule has 74 valence electrons. The lowest BCUT2D eigenvalue weighted by molar-refractivity contribution is -0.138. The molecule has 0 saturated carbocycles. The van der Waals surface area contributed by atoms with E-state index in [1.54, 1.807) is 0 Å². The van der Waals surface area contributed by atoms with Gasteiger partial charge in [0.05, 0.1) is 0 Å². The SMILES string of the molecule is N[C@H](CC1=CC(=O)C(=O)C=C1)C(=O)O. The van der Waals surface area contributed by atoms with Crippen LogP contribution in [0.1, 0.15) is 6.42 Å². The molecule has 0 unspecified atom stereocenters. The highest BCUT2D eigenvalue weighted by atomic mass is 16.4. The molecule has 1 aliphatic carbocycles. The van der Waals surface area contributed by atoms with Gasteiger partial charge in [-0.1, -0.05) is 6.08 Å². The molecule has 0 spiro atoms. The zero-order valence-corrected chi connectivity index (χ0v) is 7.27. The van der Waals surface area contributed by atoms with Crippen LogP contribution < -0.4 is 5.73 Å². The lowest BCUT2D eigenvalue weighted by Crippen LogP contribution is -2.30. The summed E-state index contributed by atoms with van der Waals surface area (Å²) in [7, 11) is 0. The van der Waals surface area contributed by atoms with Gasteiger partial charge in [-0.2, -0.15) is 0 Å². The molecule has 14 heavy (non-hydrogen) atoms. The standard InChI is InChI=1S/C9H9NO4/c10-6(9(13)14)3-5-1-2-7(11)8(12)4-5/h1-2,4,6H,3,10H2,(H,13,14)/t6-/m1/s1. The van der Waals surface area contributed by atoms with Gasteiger partial charge >= 0.3 is 5.97 Å². The second kappa shape index (κ2) is 3.97. The summed E-state index contributed by atoms with van der Waals surface area (Å²) in [6, 6.07) is -1.05. The number of carboxylic acids is 1. The summed E-state index contributed by atoms with van der Waals surface area (Å²) >= 11 is 0. The molecule has 0 radical (unpaired) electrons. The van der Waals surface area contributed by atoms with Gasteiger partial charge in [-0.05, 0) is 24.1 Å². The molecular formula is C9H9NO4. The first-order valence-electron chi connectivity index (χ1n) is 3.96. The molecule has 0 aromatic rings. The van der Waals surface area contributed by atoms with Crippen LogP contribution in [-0.2, 0) is 14.4 Å². The van der Waals surface area contributed by atoms with Crippen LogP contribution in [0.3, 0.4) is 0 Å². The monoisotopic (exact) mass is 195 g/mol. The van der Waals surface area contributed by atoms with Crippen LogP contribution in [0.4, 0.5) is 0 Å². The predicted molar refractivity (Wildman–Crippen MR) is 47.5 cm³/mol. The summed E-state index contributed by atoms with van der Waals surface area (Å²) in [4.78, 5) is 32.0. The molecule has 0 fully saturated rings. The van der Waals surface area contributed by atoms with Crippen molar-refractivity contribution in [3.63, 3.8) is 0 Å². The molecule has 3 N–H and O–H groups in total. The summed E-state index contributed by atoms with van der Waals surface area (Å²) in [5, 5.41) is 8.50. The molecule has 0 aromatic heterocycles. The quantitative estimate of drug-likeness (QED) is 0.464. The van der Waals surface area contributed by atoms with Crippen molar-refractivity contribution in [3.05, 3.63) is 23.8 Å². The van der Waals surface area contributed by atoms with Crippen LogP contribution in [0, 0.1) is 0 Å². The summed E-state index contributed by atoms with van der Waals surface area (Å²) in [6.45, 7) is 0. The molecule has 0 amide bonds. The van der Waals surface area contributed by atoms with Gasteiger partial charge in [-0.3, -0.25) is 14.4 Å². The van der Waals surface area contributed by atoms with Crippen LogP contribution in [0.15, 0.2) is 23.8 Å². The predicted octanol–water partition coefficient (Wildman–Crippen LogP) is -0.577. The van der Waals surface area contributed by atoms with E-state index in [1.165, 1.54) is 6.08 Å². The number of rotatable bonds is 3. The third kappa shape index (κ3) is 2.37. The zero-order chi connectivity index (χ0) is 10.7. The lowest BCUT2D eigenvalue weighted by atomic mass is 9.99. The number of allylic oxidation sites excluding steroid dienone is 3. The Morgan fingerprint density at radius 3 is 2.50 bits per heavy atom. The Balaban J connectivity index is 2.68. The van der Waals surface area contributed by atoms with E-state index in [0.29, 0.717) is 5.57 Å². The van der Waals surface area contributed by atoms with E-state index in [1.807, 2.05) is 0 Å². The second-order valence-corrected chi connectivity index (χ2v) is 2.93. The van der Waals surface area contributed by atoms with E-state index in [4.69, 9.17) is 10.8 Å². The van der Waals surface area contributed by atoms with Crippen LogP contribution in [0.2, 0.25) is 0 Å². The van der Waals surface area contributed by atoms with Gasteiger partial charge in [-0.15, -0.1) is 0 Å². The van der Waals surface area contributed by atoms with Gasteiger partial charge in [0.2, 0.25) is 11.6 Å². The van der Waals surface area contributed by atoms with Crippen molar-refractivity contribution in [1.29, 1.82) is 0 Å². The summed E-state index contributed by atoms with van der Waals surface area (Å²) in [5.74, 6) is -2.37. The zero-order valence-electron chi connectivity index (χ0n) is 7.27. The van der Waals surface area contributed by atoms with Crippen LogP contribution in [0.25, 0.3) is 0 Å². The van der Waals surface area contributed by atoms with E-state index in [9.17, 15) is 14.4 Å². The van der Waals surface area contributed by atoms with Crippen molar-refractivity contribution < 1.29 is 19.5 Å². The molecule has 1 aliphatic rings. The van der Waals surface area contributed by atoms with Gasteiger partial charge in [0.15, 0.2) is 0 Å². The Bertz CT molecular complexity index is 354. The normalized spacial score (nSPS) is 17.9. The van der Waals surface area contributed by atoms with E-state index in [2.05, 4.69) is 0 Å². The fraction of sp³-hybridized carbons (Fsp3) is 0.222. The molecule has 1 rings (SSSR count). The first-order chi connectivity index (χ1) is 6.50. The lowest BCUT2D eigenvalue weighted by Gasteiger charge is -2.08. The van der Waals surface area contributed by atoms with E-state index in [0.717, 1.165) is 12.2 Å². The molecule has 0 saturated heterocycles. The Labute approximate surface area is 79.9 Å². The largest absolute Gasteiger partial charge is 0.480 e. The molecule has 0 bridgehead atoms. The summed E-state index contributed by atoms with van der Waals surface area (Å²) in [5.41, 5.74) is 5.72. The molecule has 0 aromatic carbocycles. The third-order valence-corrected chi connectivity index (χ3v) is 1.78. The highest BCUT2D eigenvalue weighted by molar-refractivity contribution is 6.46. The maximum atomic E-state index is 10.9. The molecule has 5 nitrogen and oxygen atoms in total. The summed E-state index contributed by atoms with van der Waals surface area (Å²) in [6.07, 6.45) is 3.69. The van der Waals surface area contributed by atoms with Crippen molar-refractivity contribution in [3.8, 4) is 0 Å². The fourth-order valence-corrected chi connectivity index (χ4v) is 1.02. The Morgan fingerprint density at radius 1 is 1.36 bits per heavy atom. The van der Waals surface area contributed by atoms with Crippen LogP contribution in [-0.4, -0.2) is 28.7 Å². The average molecular weight is 195 g/mol. The Morgan fingerprint density at radius 2 is 2.00 bits per heavy atom. The highest BCUT2D eigenvalue weighted by Gasteiger charge is 2.17. The van der Waals surface area contributed by atoms with Crippen LogP contribution >= 0.6 is 0 Å². The van der Waals surface area contributed by atoms with Crippen molar-refractivity contribution in [2.24, 2.45) is 5.73 Å². The molecule has 0 aliphatic heterocycles. The van der Waals surface area contributed by atoms with E-state index >= 15 is 0 Å². The molecular weight excluding hydrogens is 186 g/mol. The number of hydrogen-bond acceptors (Lipinski definition) is 4. The van der Waals surface area contributed by atoms with Crippen molar-refractivity contribution >= 4 is 17.5 Å². The van der Waals surface area contributed by atoms with E-state index in [-0.39, 0.29) is 6.42 Å². The van der Waals surface area contributed by atoms with Crippen LogP contribution in [0.5, 0.6) is 0 Å². The second-order valence-electron chi connectivity index (χ2n) is 2.93. The minimum Gasteiger partial charge on any atom is -0.480 e. The maximum absolute atomic E-state index is 10.9. The smallest absolute Gasteiger partial charge is 0.320 e. The van der Waals surface area contributed by atoms with Gasteiger partial charge in [0.1, 0.15) is 6.04 Å². The number of carbonyl (C=O) groups is 3. The number of hydrogen-bond donors (Lipinski definition) is 2. The molecule has 1 atom stereocenters. The minimum atomic E-state index is -1.14. The van der Waals surface area contributed by atoms with Gasteiger partial charge in [-0.25, -0.2) is 0 Å². The molecule has 5 heteroatoms. The van der Waals surface area contributed by atoms with Gasteiger partial charge in [0.25, 0.3) is 0 Å².